The summed E-state index contributed by atoms with van der Waals surface area (Å²) in [5, 5.41) is 2.53. The predicted octanol–water partition coefficient (Wildman–Crippen LogP) is 2.86. The molecule has 0 unspecified atom stereocenters. The first kappa shape index (κ1) is 18.7. The van der Waals surface area contributed by atoms with Crippen molar-refractivity contribution in [3.63, 3.8) is 0 Å². The van der Waals surface area contributed by atoms with Gasteiger partial charge in [-0.2, -0.15) is 0 Å². The molecule has 0 fully saturated rings. The van der Waals surface area contributed by atoms with Crippen molar-refractivity contribution >= 4 is 33.2 Å². The first-order valence-electron chi connectivity index (χ1n) is 7.65. The first-order chi connectivity index (χ1) is 11.3. The number of nitrogens with one attached hydrogen (secondary N) is 1. The Kier molecular flexibility index (Phi) is 6.23. The standard InChI is InChI=1S/C16H20ClFN2O3S/c1-24(22,23)20(13-7-8-15(18)14(17)9-13)11-16(21)19-10-12-5-3-2-4-6-12/h5,7-9H,2-4,6,10-11H2,1H3,(H,19,21). The molecule has 1 amide bonds. The van der Waals surface area contributed by atoms with Gasteiger partial charge in [0.15, 0.2) is 0 Å². The molecule has 1 aromatic carbocycles. The van der Waals surface area contributed by atoms with E-state index in [4.69, 9.17) is 11.6 Å². The topological polar surface area (TPSA) is 66.5 Å². The molecule has 0 aliphatic heterocycles. The van der Waals surface area contributed by atoms with Crippen LogP contribution in [0.4, 0.5) is 10.1 Å². The van der Waals surface area contributed by atoms with Gasteiger partial charge in [-0.25, -0.2) is 12.8 Å². The van der Waals surface area contributed by atoms with Crippen molar-refractivity contribution in [2.24, 2.45) is 0 Å². The fourth-order valence-corrected chi connectivity index (χ4v) is 3.53. The van der Waals surface area contributed by atoms with Crippen molar-refractivity contribution in [2.45, 2.75) is 25.7 Å². The monoisotopic (exact) mass is 374 g/mol. The fraction of sp³-hybridized carbons (Fsp3) is 0.438. The molecule has 132 valence electrons. The van der Waals surface area contributed by atoms with Crippen molar-refractivity contribution in [1.29, 1.82) is 0 Å². The normalized spacial score (nSPS) is 14.9. The summed E-state index contributed by atoms with van der Waals surface area (Å²) in [4.78, 5) is 12.1. The zero-order valence-electron chi connectivity index (χ0n) is 13.4. The highest BCUT2D eigenvalue weighted by molar-refractivity contribution is 7.92. The molecule has 0 bridgehead atoms. The van der Waals surface area contributed by atoms with Gasteiger partial charge in [0.2, 0.25) is 15.9 Å². The summed E-state index contributed by atoms with van der Waals surface area (Å²) in [6, 6.07) is 3.54. The molecule has 0 atom stereocenters. The van der Waals surface area contributed by atoms with Crippen molar-refractivity contribution < 1.29 is 17.6 Å². The molecule has 0 heterocycles. The number of rotatable bonds is 6. The fourth-order valence-electron chi connectivity index (χ4n) is 2.50. The van der Waals surface area contributed by atoms with Gasteiger partial charge < -0.3 is 5.32 Å². The molecule has 0 saturated carbocycles. The highest BCUT2D eigenvalue weighted by Crippen LogP contribution is 2.24. The minimum absolute atomic E-state index is 0.149. The molecule has 1 aromatic rings. The second-order valence-corrected chi connectivity index (χ2v) is 8.07. The molecule has 5 nitrogen and oxygen atoms in total. The third-order valence-corrected chi connectivity index (χ3v) is 5.21. The number of allylic oxidation sites excluding steroid dienone is 1. The Balaban J connectivity index is 2.07. The second kappa shape index (κ2) is 7.98. The van der Waals surface area contributed by atoms with E-state index in [1.807, 2.05) is 0 Å². The Labute approximate surface area is 146 Å². The van der Waals surface area contributed by atoms with Gasteiger partial charge in [-0.1, -0.05) is 23.3 Å². The summed E-state index contributed by atoms with van der Waals surface area (Å²) in [6.07, 6.45) is 7.31. The van der Waals surface area contributed by atoms with E-state index in [1.54, 1.807) is 0 Å². The van der Waals surface area contributed by atoms with E-state index in [0.717, 1.165) is 47.9 Å². The summed E-state index contributed by atoms with van der Waals surface area (Å²) in [7, 11) is -3.71. The maximum Gasteiger partial charge on any atom is 0.241 e. The lowest BCUT2D eigenvalue weighted by Gasteiger charge is -2.22. The quantitative estimate of drug-likeness (QED) is 0.778. The van der Waals surface area contributed by atoms with Crippen molar-refractivity contribution in [3.8, 4) is 0 Å². The van der Waals surface area contributed by atoms with Crippen LogP contribution in [0.5, 0.6) is 0 Å². The number of nitrogens with zero attached hydrogens (tertiary/aromatic N) is 1. The average Bonchev–Trinajstić information content (AvgIpc) is 2.53. The molecule has 1 aliphatic carbocycles. The molecular weight excluding hydrogens is 355 g/mol. The molecule has 8 heteroatoms. The van der Waals surface area contributed by atoms with Gasteiger partial charge in [-0.05, 0) is 43.9 Å². The number of carbonyl (C=O) groups excluding carboxylic acids is 1. The summed E-state index contributed by atoms with van der Waals surface area (Å²) >= 11 is 5.70. The maximum absolute atomic E-state index is 13.3. The van der Waals surface area contributed by atoms with Gasteiger partial charge >= 0.3 is 0 Å². The van der Waals surface area contributed by atoms with Crippen LogP contribution in [-0.2, 0) is 14.8 Å². The highest BCUT2D eigenvalue weighted by atomic mass is 35.5. The molecular formula is C16H20ClFN2O3S. The van der Waals surface area contributed by atoms with Crippen LogP contribution in [0.1, 0.15) is 25.7 Å². The van der Waals surface area contributed by atoms with Crippen LogP contribution in [0.3, 0.4) is 0 Å². The lowest BCUT2D eigenvalue weighted by Crippen LogP contribution is -2.41. The number of halogens is 2. The van der Waals surface area contributed by atoms with E-state index >= 15 is 0 Å². The van der Waals surface area contributed by atoms with Crippen LogP contribution in [-0.4, -0.2) is 33.7 Å². The van der Waals surface area contributed by atoms with Crippen LogP contribution in [0.25, 0.3) is 0 Å². The minimum atomic E-state index is -3.71. The number of amides is 1. The largest absolute Gasteiger partial charge is 0.351 e. The summed E-state index contributed by atoms with van der Waals surface area (Å²) in [5.74, 6) is -1.07. The van der Waals surface area contributed by atoms with Crippen LogP contribution >= 0.6 is 11.6 Å². The van der Waals surface area contributed by atoms with Gasteiger partial charge in [-0.3, -0.25) is 9.10 Å². The average molecular weight is 375 g/mol. The lowest BCUT2D eigenvalue weighted by molar-refractivity contribution is -0.119. The molecule has 0 radical (unpaired) electrons. The van der Waals surface area contributed by atoms with Crippen LogP contribution < -0.4 is 9.62 Å². The Morgan fingerprint density at radius 3 is 2.71 bits per heavy atom. The molecule has 0 saturated heterocycles. The second-order valence-electron chi connectivity index (χ2n) is 5.75. The first-order valence-corrected chi connectivity index (χ1v) is 9.87. The third kappa shape index (κ3) is 5.21. The lowest BCUT2D eigenvalue weighted by atomic mass is 10.00. The van der Waals surface area contributed by atoms with Gasteiger partial charge in [-0.15, -0.1) is 0 Å². The van der Waals surface area contributed by atoms with Gasteiger partial charge in [0.1, 0.15) is 12.4 Å². The highest BCUT2D eigenvalue weighted by Gasteiger charge is 2.21. The van der Waals surface area contributed by atoms with Crippen molar-refractivity contribution in [2.75, 3.05) is 23.7 Å². The number of hydrogen-bond acceptors (Lipinski definition) is 3. The third-order valence-electron chi connectivity index (χ3n) is 3.78. The smallest absolute Gasteiger partial charge is 0.241 e. The Bertz CT molecular complexity index is 750. The molecule has 0 aromatic heterocycles. The van der Waals surface area contributed by atoms with E-state index in [1.165, 1.54) is 12.1 Å². The van der Waals surface area contributed by atoms with Crippen LogP contribution in [0, 0.1) is 5.82 Å². The summed E-state index contributed by atoms with van der Waals surface area (Å²) in [5.41, 5.74) is 1.31. The van der Waals surface area contributed by atoms with Gasteiger partial charge in [0, 0.05) is 6.54 Å². The van der Waals surface area contributed by atoms with Gasteiger partial charge in [0.05, 0.1) is 17.0 Å². The van der Waals surface area contributed by atoms with Crippen molar-refractivity contribution in [1.82, 2.24) is 5.32 Å². The van der Waals surface area contributed by atoms with E-state index in [-0.39, 0.29) is 17.3 Å². The number of sulfonamides is 1. The predicted molar refractivity (Wildman–Crippen MR) is 93.2 cm³/mol. The van der Waals surface area contributed by atoms with Crippen LogP contribution in [0.2, 0.25) is 5.02 Å². The Morgan fingerprint density at radius 1 is 1.38 bits per heavy atom. The SMILES string of the molecule is CS(=O)(=O)N(CC(=O)NCC1=CCCCC1)c1ccc(F)c(Cl)c1. The molecule has 1 N–H and O–H groups in total. The Morgan fingerprint density at radius 2 is 2.12 bits per heavy atom. The summed E-state index contributed by atoms with van der Waals surface area (Å²) in [6.45, 7) is 0.0364. The van der Waals surface area contributed by atoms with E-state index in [2.05, 4.69) is 11.4 Å². The number of hydrogen-bond donors (Lipinski definition) is 1. The van der Waals surface area contributed by atoms with Crippen LogP contribution in [0.15, 0.2) is 29.8 Å². The number of carbonyl (C=O) groups is 1. The Hall–Kier alpha value is -1.60. The molecule has 2 rings (SSSR count). The van der Waals surface area contributed by atoms with Crippen molar-refractivity contribution in [3.05, 3.63) is 40.7 Å². The van der Waals surface area contributed by atoms with E-state index in [9.17, 15) is 17.6 Å². The number of anilines is 1. The molecule has 0 spiro atoms. The molecule has 1 aliphatic rings. The van der Waals surface area contributed by atoms with Gasteiger partial charge in [0.25, 0.3) is 0 Å². The number of benzene rings is 1. The molecule has 24 heavy (non-hydrogen) atoms. The zero-order chi connectivity index (χ0) is 17.7. The maximum atomic E-state index is 13.3. The van der Waals surface area contributed by atoms with E-state index in [0.29, 0.717) is 6.54 Å². The zero-order valence-corrected chi connectivity index (χ0v) is 15.0. The summed E-state index contributed by atoms with van der Waals surface area (Å²) < 4.78 is 38.1. The van der Waals surface area contributed by atoms with E-state index < -0.39 is 21.7 Å². The minimum Gasteiger partial charge on any atom is -0.351 e.